The molecule has 0 radical (unpaired) electrons. The second-order valence-electron chi connectivity index (χ2n) is 5.06. The van der Waals surface area contributed by atoms with Gasteiger partial charge in [0.1, 0.15) is 6.61 Å². The predicted octanol–water partition coefficient (Wildman–Crippen LogP) is 2.02. The molecule has 0 saturated carbocycles. The van der Waals surface area contributed by atoms with Crippen LogP contribution in [0.2, 0.25) is 0 Å². The summed E-state index contributed by atoms with van der Waals surface area (Å²) >= 11 is 0. The second-order valence-corrected chi connectivity index (χ2v) is 5.06. The van der Waals surface area contributed by atoms with E-state index in [1.165, 1.54) is 0 Å². The molecule has 0 N–H and O–H groups in total. The van der Waals surface area contributed by atoms with Crippen molar-refractivity contribution in [1.29, 1.82) is 0 Å². The zero-order valence-corrected chi connectivity index (χ0v) is 11.6. The Labute approximate surface area is 120 Å². The highest BCUT2D eigenvalue weighted by molar-refractivity contribution is 5.76. The molecule has 1 aliphatic rings. The highest BCUT2D eigenvalue weighted by atomic mass is 19.4. The van der Waals surface area contributed by atoms with E-state index in [-0.39, 0.29) is 25.0 Å². The van der Waals surface area contributed by atoms with E-state index in [1.54, 1.807) is 17.4 Å². The van der Waals surface area contributed by atoms with Gasteiger partial charge in [-0.2, -0.15) is 13.2 Å². The maximum absolute atomic E-state index is 12.0. The molecule has 1 amide bonds. The minimum absolute atomic E-state index is 0.0211. The third-order valence-corrected chi connectivity index (χ3v) is 3.42. The number of likely N-dealkylation sites (tertiary alicyclic amines) is 1. The number of hydrogen-bond donors (Lipinski definition) is 0. The molecule has 1 saturated heterocycles. The van der Waals surface area contributed by atoms with Crippen LogP contribution in [-0.2, 0) is 9.53 Å². The van der Waals surface area contributed by atoms with Crippen LogP contribution in [-0.4, -0.2) is 52.8 Å². The van der Waals surface area contributed by atoms with E-state index in [0.29, 0.717) is 13.1 Å². The summed E-state index contributed by atoms with van der Waals surface area (Å²) in [5.74, 6) is -0.165. The first-order valence-electron chi connectivity index (χ1n) is 6.85. The molecule has 1 aliphatic heterocycles. The van der Waals surface area contributed by atoms with Crippen LogP contribution in [0.15, 0.2) is 18.7 Å². The average molecular weight is 305 g/mol. The van der Waals surface area contributed by atoms with Gasteiger partial charge in [-0.3, -0.25) is 4.79 Å². The number of hydrogen-bond acceptors (Lipinski definition) is 3. The second kappa shape index (κ2) is 6.93. The highest BCUT2D eigenvalue weighted by Gasteiger charge is 2.28. The number of alkyl halides is 3. The lowest BCUT2D eigenvalue weighted by Gasteiger charge is -2.33. The molecule has 118 valence electrons. The number of ether oxygens (including phenoxy) is 1. The van der Waals surface area contributed by atoms with Gasteiger partial charge in [-0.15, -0.1) is 0 Å². The Morgan fingerprint density at radius 3 is 2.90 bits per heavy atom. The quantitative estimate of drug-likeness (QED) is 0.782. The van der Waals surface area contributed by atoms with Gasteiger partial charge in [-0.1, -0.05) is 0 Å². The number of amides is 1. The lowest BCUT2D eigenvalue weighted by atomic mass is 10.1. The molecule has 0 unspecified atom stereocenters. The summed E-state index contributed by atoms with van der Waals surface area (Å²) in [4.78, 5) is 17.6. The minimum atomic E-state index is -4.35. The molecule has 1 aromatic heterocycles. The molecule has 0 bridgehead atoms. The zero-order valence-electron chi connectivity index (χ0n) is 11.6. The van der Waals surface area contributed by atoms with E-state index in [9.17, 15) is 18.0 Å². The lowest BCUT2D eigenvalue weighted by Crippen LogP contribution is -2.40. The summed E-state index contributed by atoms with van der Waals surface area (Å²) in [6.07, 6.45) is 2.72. The smallest absolute Gasteiger partial charge is 0.372 e. The maximum atomic E-state index is 12.0. The Balaban J connectivity index is 1.74. The van der Waals surface area contributed by atoms with Crippen molar-refractivity contribution < 1.29 is 22.7 Å². The topological polar surface area (TPSA) is 47.4 Å². The van der Waals surface area contributed by atoms with Crippen molar-refractivity contribution in [2.24, 2.45) is 0 Å². The van der Waals surface area contributed by atoms with Crippen LogP contribution in [0.5, 0.6) is 0 Å². The Bertz CT molecular complexity index is 448. The van der Waals surface area contributed by atoms with Gasteiger partial charge in [0, 0.05) is 25.5 Å². The van der Waals surface area contributed by atoms with Gasteiger partial charge < -0.3 is 14.2 Å². The Kier molecular flexibility index (Phi) is 5.22. The molecule has 1 fully saturated rings. The van der Waals surface area contributed by atoms with Crippen molar-refractivity contribution in [2.75, 3.05) is 26.3 Å². The van der Waals surface area contributed by atoms with Gasteiger partial charge in [-0.25, -0.2) is 4.98 Å². The Morgan fingerprint density at radius 2 is 2.24 bits per heavy atom. The van der Waals surface area contributed by atoms with E-state index < -0.39 is 12.8 Å². The van der Waals surface area contributed by atoms with Crippen molar-refractivity contribution in [3.8, 4) is 0 Å². The molecular formula is C13H18F3N3O2. The molecule has 5 nitrogen and oxygen atoms in total. The van der Waals surface area contributed by atoms with Crippen LogP contribution >= 0.6 is 0 Å². The first-order valence-corrected chi connectivity index (χ1v) is 6.85. The van der Waals surface area contributed by atoms with E-state index in [1.807, 2.05) is 10.8 Å². The van der Waals surface area contributed by atoms with Crippen LogP contribution in [0, 0.1) is 0 Å². The molecular weight excluding hydrogens is 287 g/mol. The molecule has 8 heteroatoms. The van der Waals surface area contributed by atoms with Crippen LogP contribution in [0.3, 0.4) is 0 Å². The monoisotopic (exact) mass is 305 g/mol. The van der Waals surface area contributed by atoms with Crippen LogP contribution in [0.25, 0.3) is 0 Å². The molecule has 2 rings (SSSR count). The van der Waals surface area contributed by atoms with Gasteiger partial charge in [0.15, 0.2) is 0 Å². The van der Waals surface area contributed by atoms with Crippen molar-refractivity contribution in [3.05, 3.63) is 18.7 Å². The molecule has 0 aromatic carbocycles. The largest absolute Gasteiger partial charge is 0.411 e. The number of aromatic nitrogens is 2. The number of carbonyl (C=O) groups is 1. The summed E-state index contributed by atoms with van der Waals surface area (Å²) in [7, 11) is 0. The van der Waals surface area contributed by atoms with E-state index in [0.717, 1.165) is 12.8 Å². The van der Waals surface area contributed by atoms with E-state index >= 15 is 0 Å². The molecule has 1 aromatic rings. The van der Waals surface area contributed by atoms with Gasteiger partial charge in [-0.05, 0) is 12.8 Å². The highest BCUT2D eigenvalue weighted by Crippen LogP contribution is 2.21. The summed E-state index contributed by atoms with van der Waals surface area (Å²) in [6, 6.07) is 0.182. The van der Waals surface area contributed by atoms with Gasteiger partial charge >= 0.3 is 6.18 Å². The van der Waals surface area contributed by atoms with Crippen LogP contribution in [0.4, 0.5) is 13.2 Å². The summed E-state index contributed by atoms with van der Waals surface area (Å²) in [5, 5.41) is 0. The first-order chi connectivity index (χ1) is 9.96. The first kappa shape index (κ1) is 15.8. The van der Waals surface area contributed by atoms with Crippen LogP contribution < -0.4 is 0 Å². The lowest BCUT2D eigenvalue weighted by molar-refractivity contribution is -0.175. The van der Waals surface area contributed by atoms with Crippen molar-refractivity contribution in [3.63, 3.8) is 0 Å². The SMILES string of the molecule is O=C(CCOCC(F)(F)F)N1CCC[C@@H](n2ccnc2)C1. The molecule has 0 spiro atoms. The maximum Gasteiger partial charge on any atom is 0.411 e. The van der Waals surface area contributed by atoms with Gasteiger partial charge in [0.25, 0.3) is 0 Å². The fourth-order valence-electron chi connectivity index (χ4n) is 2.42. The number of nitrogens with zero attached hydrogens (tertiary/aromatic N) is 3. The number of halogens is 3. The Hall–Kier alpha value is -1.57. The number of imidazole rings is 1. The van der Waals surface area contributed by atoms with Crippen molar-refractivity contribution >= 4 is 5.91 Å². The number of carbonyl (C=O) groups excluding carboxylic acids is 1. The van der Waals surface area contributed by atoms with Crippen molar-refractivity contribution in [2.45, 2.75) is 31.5 Å². The molecule has 2 heterocycles. The normalized spacial score (nSPS) is 19.8. The van der Waals surface area contributed by atoms with Gasteiger partial charge in [0.2, 0.25) is 5.91 Å². The number of rotatable bonds is 5. The third-order valence-electron chi connectivity index (χ3n) is 3.42. The molecule has 21 heavy (non-hydrogen) atoms. The fourth-order valence-corrected chi connectivity index (χ4v) is 2.42. The minimum Gasteiger partial charge on any atom is -0.372 e. The summed E-state index contributed by atoms with van der Waals surface area (Å²) in [5.41, 5.74) is 0. The molecule has 1 atom stereocenters. The standard InChI is InChI=1S/C13H18F3N3O2/c14-13(15,16)9-21-7-3-12(20)18-5-1-2-11(8-18)19-6-4-17-10-19/h4,6,10-11H,1-3,5,7-9H2/t11-/m1/s1. The van der Waals surface area contributed by atoms with Crippen molar-refractivity contribution in [1.82, 2.24) is 14.5 Å². The number of piperidine rings is 1. The van der Waals surface area contributed by atoms with E-state index in [4.69, 9.17) is 0 Å². The zero-order chi connectivity index (χ0) is 15.3. The average Bonchev–Trinajstić information content (AvgIpc) is 2.96. The Morgan fingerprint density at radius 1 is 1.43 bits per heavy atom. The summed E-state index contributed by atoms with van der Waals surface area (Å²) < 4.78 is 42.2. The predicted molar refractivity (Wildman–Crippen MR) is 68.6 cm³/mol. The van der Waals surface area contributed by atoms with Gasteiger partial charge in [0.05, 0.1) is 25.4 Å². The van der Waals surface area contributed by atoms with E-state index in [2.05, 4.69) is 9.72 Å². The molecule has 0 aliphatic carbocycles. The fraction of sp³-hybridized carbons (Fsp3) is 0.692. The third kappa shape index (κ3) is 5.04. The van der Waals surface area contributed by atoms with Crippen LogP contribution in [0.1, 0.15) is 25.3 Å². The summed E-state index contributed by atoms with van der Waals surface area (Å²) in [6.45, 7) is -0.305.